The van der Waals surface area contributed by atoms with Crippen molar-refractivity contribution in [2.24, 2.45) is 28.3 Å². The molecule has 5 atom stereocenters. The summed E-state index contributed by atoms with van der Waals surface area (Å²) in [6.45, 7) is 7.63. The Morgan fingerprint density at radius 2 is 2.12 bits per heavy atom. The highest BCUT2D eigenvalue weighted by Gasteiger charge is 2.60. The minimum absolute atomic E-state index is 0.0455. The van der Waals surface area contributed by atoms with Crippen molar-refractivity contribution in [3.05, 3.63) is 89.5 Å². The Labute approximate surface area is 205 Å². The quantitative estimate of drug-likeness (QED) is 0.413. The number of ether oxygens (including phenoxy) is 1. The van der Waals surface area contributed by atoms with Gasteiger partial charge in [0.15, 0.2) is 0 Å². The largest absolute Gasteiger partial charge is 0.457 e. The van der Waals surface area contributed by atoms with E-state index in [-0.39, 0.29) is 22.4 Å². The van der Waals surface area contributed by atoms with Crippen LogP contribution in [-0.4, -0.2) is 21.6 Å². The van der Waals surface area contributed by atoms with Gasteiger partial charge in [-0.15, -0.1) is 0 Å². The summed E-state index contributed by atoms with van der Waals surface area (Å²) in [6, 6.07) is 6.56. The van der Waals surface area contributed by atoms with Gasteiger partial charge in [0.05, 0.1) is 15.8 Å². The van der Waals surface area contributed by atoms with Gasteiger partial charge >= 0.3 is 0 Å². The second-order valence-corrected chi connectivity index (χ2v) is 11.2. The van der Waals surface area contributed by atoms with Crippen molar-refractivity contribution in [2.45, 2.75) is 49.8 Å². The number of thioether (sulfide) groups is 1. The molecule has 5 unspecified atom stereocenters. The SMILES string of the molecule is C=C/C=C(/Oc1ccc2c(c1)C1C(C2)C1C1=NC2C=CC=CC2(C)S1)C(CCC(C)=O)=C(N)N. The fraction of sp³-hybridized carbons (Fsp3) is 0.357. The zero-order valence-corrected chi connectivity index (χ0v) is 20.5. The predicted molar refractivity (Wildman–Crippen MR) is 140 cm³/mol. The molecule has 176 valence electrons. The van der Waals surface area contributed by atoms with Crippen molar-refractivity contribution < 1.29 is 9.53 Å². The van der Waals surface area contributed by atoms with Crippen molar-refractivity contribution in [3.8, 4) is 5.75 Å². The molecule has 1 aliphatic heterocycles. The van der Waals surface area contributed by atoms with E-state index in [2.05, 4.69) is 49.9 Å². The Kier molecular flexibility index (Phi) is 5.80. The van der Waals surface area contributed by atoms with Gasteiger partial charge in [0.1, 0.15) is 23.1 Å². The molecule has 1 heterocycles. The summed E-state index contributed by atoms with van der Waals surface area (Å²) in [4.78, 5) is 16.6. The van der Waals surface area contributed by atoms with Gasteiger partial charge in [-0.3, -0.25) is 4.99 Å². The monoisotopic (exact) mass is 473 g/mol. The average molecular weight is 474 g/mol. The maximum absolute atomic E-state index is 11.5. The third-order valence-electron chi connectivity index (χ3n) is 7.27. The second-order valence-electron chi connectivity index (χ2n) is 9.73. The van der Waals surface area contributed by atoms with E-state index in [0.717, 1.165) is 12.2 Å². The molecule has 1 aromatic carbocycles. The number of Topliss-reactive ketones (excluding diaryl/α,β-unsaturated/α-hetero) is 1. The number of rotatable bonds is 8. The van der Waals surface area contributed by atoms with Crippen molar-refractivity contribution in [3.63, 3.8) is 0 Å². The van der Waals surface area contributed by atoms with Crippen LogP contribution in [0.5, 0.6) is 5.75 Å². The van der Waals surface area contributed by atoms with Crippen LogP contribution in [0.2, 0.25) is 0 Å². The molecule has 0 saturated heterocycles. The molecule has 3 aliphatic carbocycles. The van der Waals surface area contributed by atoms with E-state index in [4.69, 9.17) is 21.2 Å². The average Bonchev–Trinajstić information content (AvgIpc) is 3.18. The number of allylic oxidation sites excluding steroid dienone is 5. The van der Waals surface area contributed by atoms with E-state index in [9.17, 15) is 4.79 Å². The third-order valence-corrected chi connectivity index (χ3v) is 8.67. The molecular weight excluding hydrogens is 442 g/mol. The zero-order chi connectivity index (χ0) is 24.0. The minimum Gasteiger partial charge on any atom is -0.457 e. The van der Waals surface area contributed by atoms with Crippen LogP contribution in [0.1, 0.15) is 43.7 Å². The first-order chi connectivity index (χ1) is 16.3. The van der Waals surface area contributed by atoms with Crippen LogP contribution < -0.4 is 16.2 Å². The first kappa shape index (κ1) is 22.8. The number of benzene rings is 1. The highest BCUT2D eigenvalue weighted by molar-refractivity contribution is 8.15. The Balaban J connectivity index is 1.35. The molecule has 0 spiro atoms. The van der Waals surface area contributed by atoms with Gasteiger partial charge in [-0.25, -0.2) is 0 Å². The predicted octanol–water partition coefficient (Wildman–Crippen LogP) is 4.92. The molecule has 0 bridgehead atoms. The van der Waals surface area contributed by atoms with Crippen LogP contribution in [-0.2, 0) is 11.2 Å². The molecule has 0 amide bonds. The summed E-state index contributed by atoms with van der Waals surface area (Å²) in [5, 5.41) is 1.30. The number of nitrogens with zero attached hydrogens (tertiary/aromatic N) is 1. The van der Waals surface area contributed by atoms with E-state index < -0.39 is 0 Å². The standard InChI is InChI=1S/C28H31N3O2S/c1-4-7-22(19(26(29)30)12-9-16(2)32)33-18-11-10-17-14-21-24(20(17)15-18)25(21)27-31-23-8-5-6-13-28(23,3)34-27/h4-8,10-11,13,15,21,23-25H,1,9,12,14,29-30H2,2-3H3/b22-7+. The normalized spacial score (nSPS) is 30.2. The van der Waals surface area contributed by atoms with E-state index in [0.29, 0.717) is 41.9 Å². The molecule has 1 aromatic rings. The van der Waals surface area contributed by atoms with Gasteiger partial charge in [0.25, 0.3) is 0 Å². The fourth-order valence-corrected chi connectivity index (χ4v) is 6.90. The molecule has 6 heteroatoms. The number of carbonyl (C=O) groups is 1. The van der Waals surface area contributed by atoms with Crippen LogP contribution >= 0.6 is 11.8 Å². The van der Waals surface area contributed by atoms with Gasteiger partial charge < -0.3 is 21.0 Å². The van der Waals surface area contributed by atoms with Crippen LogP contribution in [0, 0.1) is 11.8 Å². The summed E-state index contributed by atoms with van der Waals surface area (Å²) >= 11 is 1.93. The van der Waals surface area contributed by atoms with E-state index in [1.54, 1.807) is 19.1 Å². The maximum Gasteiger partial charge on any atom is 0.134 e. The fourth-order valence-electron chi connectivity index (χ4n) is 5.43. The highest BCUT2D eigenvalue weighted by Crippen LogP contribution is 2.65. The number of hydrogen-bond donors (Lipinski definition) is 2. The first-order valence-electron chi connectivity index (χ1n) is 11.8. The highest BCUT2D eigenvalue weighted by atomic mass is 32.2. The lowest BCUT2D eigenvalue weighted by Gasteiger charge is -2.25. The number of ketones is 1. The molecule has 5 nitrogen and oxygen atoms in total. The molecule has 4 N–H and O–H groups in total. The van der Waals surface area contributed by atoms with Crippen molar-refractivity contribution >= 4 is 22.6 Å². The number of fused-ring (bicyclic) bond motifs is 4. The van der Waals surface area contributed by atoms with Crippen LogP contribution in [0.25, 0.3) is 0 Å². The van der Waals surface area contributed by atoms with Gasteiger partial charge in [-0.05, 0) is 67.9 Å². The van der Waals surface area contributed by atoms with E-state index in [1.807, 2.05) is 17.8 Å². The van der Waals surface area contributed by atoms with E-state index in [1.165, 1.54) is 16.2 Å². The molecule has 1 fully saturated rings. The second kappa shape index (κ2) is 8.66. The summed E-state index contributed by atoms with van der Waals surface area (Å²) in [7, 11) is 0. The topological polar surface area (TPSA) is 90.7 Å². The van der Waals surface area contributed by atoms with Gasteiger partial charge in [-0.1, -0.05) is 54.8 Å². The van der Waals surface area contributed by atoms with Crippen molar-refractivity contribution in [1.29, 1.82) is 0 Å². The molecule has 0 radical (unpaired) electrons. The summed E-state index contributed by atoms with van der Waals surface area (Å²) in [5.41, 5.74) is 15.3. The summed E-state index contributed by atoms with van der Waals surface area (Å²) < 4.78 is 6.31. The van der Waals surface area contributed by atoms with Crippen LogP contribution in [0.15, 0.2) is 83.4 Å². The lowest BCUT2D eigenvalue weighted by Crippen LogP contribution is -2.28. The van der Waals surface area contributed by atoms with E-state index >= 15 is 0 Å². The third kappa shape index (κ3) is 4.05. The van der Waals surface area contributed by atoms with Gasteiger partial charge in [-0.2, -0.15) is 0 Å². The van der Waals surface area contributed by atoms with Crippen molar-refractivity contribution in [2.75, 3.05) is 0 Å². The molecule has 5 rings (SSSR count). The number of hydrogen-bond acceptors (Lipinski definition) is 6. The Hall–Kier alpha value is -2.99. The minimum atomic E-state index is 0.0455. The molecule has 0 aromatic heterocycles. The lowest BCUT2D eigenvalue weighted by molar-refractivity contribution is -0.116. The van der Waals surface area contributed by atoms with Crippen LogP contribution in [0.3, 0.4) is 0 Å². The Morgan fingerprint density at radius 3 is 2.82 bits per heavy atom. The molecule has 4 aliphatic rings. The number of nitrogens with two attached hydrogens (primary N) is 2. The Morgan fingerprint density at radius 1 is 1.29 bits per heavy atom. The zero-order valence-electron chi connectivity index (χ0n) is 19.7. The molecule has 1 saturated carbocycles. The van der Waals surface area contributed by atoms with Gasteiger partial charge in [0, 0.05) is 17.9 Å². The van der Waals surface area contributed by atoms with Gasteiger partial charge in [0.2, 0.25) is 0 Å². The summed E-state index contributed by atoms with van der Waals surface area (Å²) in [5.74, 6) is 3.14. The summed E-state index contributed by atoms with van der Waals surface area (Å²) in [6.07, 6.45) is 14.0. The first-order valence-corrected chi connectivity index (χ1v) is 12.6. The molecule has 34 heavy (non-hydrogen) atoms. The van der Waals surface area contributed by atoms with Crippen molar-refractivity contribution in [1.82, 2.24) is 0 Å². The number of aliphatic imine (C=N–C) groups is 1. The number of carbonyl (C=O) groups excluding carboxylic acids is 1. The smallest absolute Gasteiger partial charge is 0.134 e. The lowest BCUT2D eigenvalue weighted by atomic mass is 9.97. The maximum atomic E-state index is 11.5. The Bertz CT molecular complexity index is 1200. The molecular formula is C28H31N3O2S. The van der Waals surface area contributed by atoms with Crippen LogP contribution in [0.4, 0.5) is 0 Å².